The highest BCUT2D eigenvalue weighted by molar-refractivity contribution is 5.67. The third-order valence-electron chi connectivity index (χ3n) is 4.75. The van der Waals surface area contributed by atoms with Gasteiger partial charge in [0, 0.05) is 0 Å². The fourth-order valence-electron chi connectivity index (χ4n) is 3.09. The maximum Gasteiger partial charge on any atom is 0.408 e. The standard InChI is InChI=1S/C23H26N4O3/c1-16(2)20(24-23(29)30-15-19-12-8-5-9-13-19)21-26-25-17(3)22(28)27(21)14-18-10-6-4-7-11-18/h4-13,16,20H,14-15H2,1-3H3,(H,24,29). The highest BCUT2D eigenvalue weighted by Crippen LogP contribution is 2.20. The van der Waals surface area contributed by atoms with Gasteiger partial charge in [-0.15, -0.1) is 10.2 Å². The predicted molar refractivity (Wildman–Crippen MR) is 114 cm³/mol. The van der Waals surface area contributed by atoms with Crippen molar-refractivity contribution in [3.63, 3.8) is 0 Å². The number of alkyl carbamates (subject to hydrolysis) is 1. The normalized spacial score (nSPS) is 11.9. The summed E-state index contributed by atoms with van der Waals surface area (Å²) in [5.41, 5.74) is 1.94. The van der Waals surface area contributed by atoms with Gasteiger partial charge in [-0.3, -0.25) is 9.36 Å². The summed E-state index contributed by atoms with van der Waals surface area (Å²) in [4.78, 5) is 25.3. The van der Waals surface area contributed by atoms with Crippen molar-refractivity contribution in [3.05, 3.63) is 93.7 Å². The van der Waals surface area contributed by atoms with Gasteiger partial charge in [-0.25, -0.2) is 4.79 Å². The van der Waals surface area contributed by atoms with Crippen LogP contribution in [0, 0.1) is 12.8 Å². The first kappa shape index (κ1) is 21.2. The van der Waals surface area contributed by atoms with E-state index in [9.17, 15) is 9.59 Å². The van der Waals surface area contributed by atoms with Crippen molar-refractivity contribution in [2.45, 2.75) is 40.0 Å². The van der Waals surface area contributed by atoms with Gasteiger partial charge in [-0.2, -0.15) is 0 Å². The number of benzene rings is 2. The predicted octanol–water partition coefficient (Wildman–Crippen LogP) is 3.62. The Hall–Kier alpha value is -3.48. The van der Waals surface area contributed by atoms with Crippen molar-refractivity contribution in [1.82, 2.24) is 20.1 Å². The van der Waals surface area contributed by atoms with Crippen LogP contribution in [0.4, 0.5) is 4.79 Å². The van der Waals surface area contributed by atoms with Gasteiger partial charge in [0.25, 0.3) is 5.56 Å². The molecule has 1 N–H and O–H groups in total. The molecule has 1 aromatic heterocycles. The van der Waals surface area contributed by atoms with E-state index in [-0.39, 0.29) is 18.1 Å². The second-order valence-corrected chi connectivity index (χ2v) is 7.45. The molecule has 0 radical (unpaired) electrons. The van der Waals surface area contributed by atoms with E-state index < -0.39 is 12.1 Å². The van der Waals surface area contributed by atoms with Gasteiger partial charge in [0.05, 0.1) is 12.6 Å². The Labute approximate surface area is 175 Å². The summed E-state index contributed by atoms with van der Waals surface area (Å²) in [6.07, 6.45) is -0.571. The molecule has 30 heavy (non-hydrogen) atoms. The van der Waals surface area contributed by atoms with Crippen LogP contribution in [0.15, 0.2) is 65.5 Å². The lowest BCUT2D eigenvalue weighted by Gasteiger charge is -2.24. The Kier molecular flexibility index (Phi) is 6.95. The largest absolute Gasteiger partial charge is 0.445 e. The summed E-state index contributed by atoms with van der Waals surface area (Å²) < 4.78 is 6.93. The van der Waals surface area contributed by atoms with E-state index in [2.05, 4.69) is 15.5 Å². The summed E-state index contributed by atoms with van der Waals surface area (Å²) >= 11 is 0. The van der Waals surface area contributed by atoms with Gasteiger partial charge in [0.2, 0.25) is 0 Å². The van der Waals surface area contributed by atoms with Crippen molar-refractivity contribution in [1.29, 1.82) is 0 Å². The third kappa shape index (κ3) is 5.31. The molecule has 7 heteroatoms. The Morgan fingerprint density at radius 3 is 2.20 bits per heavy atom. The van der Waals surface area contributed by atoms with Gasteiger partial charge in [-0.1, -0.05) is 74.5 Å². The molecule has 0 aliphatic carbocycles. The molecule has 0 bridgehead atoms. The third-order valence-corrected chi connectivity index (χ3v) is 4.75. The van der Waals surface area contributed by atoms with E-state index in [4.69, 9.17) is 4.74 Å². The van der Waals surface area contributed by atoms with E-state index in [0.29, 0.717) is 18.1 Å². The molecule has 1 atom stereocenters. The lowest BCUT2D eigenvalue weighted by atomic mass is 10.0. The van der Waals surface area contributed by atoms with Crippen LogP contribution in [-0.4, -0.2) is 20.9 Å². The number of hydrogen-bond acceptors (Lipinski definition) is 5. The second kappa shape index (κ2) is 9.82. The number of rotatable bonds is 7. The minimum absolute atomic E-state index is 0.0345. The second-order valence-electron chi connectivity index (χ2n) is 7.45. The Bertz CT molecular complexity index is 1030. The van der Waals surface area contributed by atoms with Crippen molar-refractivity contribution in [2.75, 3.05) is 0 Å². The van der Waals surface area contributed by atoms with Gasteiger partial charge < -0.3 is 10.1 Å². The minimum atomic E-state index is -0.571. The highest BCUT2D eigenvalue weighted by atomic mass is 16.5. The molecule has 156 valence electrons. The average Bonchev–Trinajstić information content (AvgIpc) is 2.76. The average molecular weight is 406 g/mol. The molecule has 0 saturated carbocycles. The van der Waals surface area contributed by atoms with Crippen LogP contribution in [-0.2, 0) is 17.9 Å². The molecule has 0 saturated heterocycles. The first-order valence-electron chi connectivity index (χ1n) is 9.91. The van der Waals surface area contributed by atoms with E-state index >= 15 is 0 Å². The maximum atomic E-state index is 12.8. The van der Waals surface area contributed by atoms with Crippen LogP contribution < -0.4 is 10.9 Å². The van der Waals surface area contributed by atoms with Gasteiger partial charge in [0.15, 0.2) is 5.82 Å². The maximum absolute atomic E-state index is 12.8. The van der Waals surface area contributed by atoms with E-state index in [0.717, 1.165) is 11.1 Å². The first-order chi connectivity index (χ1) is 14.5. The van der Waals surface area contributed by atoms with E-state index in [1.807, 2.05) is 74.5 Å². The minimum Gasteiger partial charge on any atom is -0.445 e. The lowest BCUT2D eigenvalue weighted by Crippen LogP contribution is -2.39. The van der Waals surface area contributed by atoms with Crippen LogP contribution >= 0.6 is 0 Å². The molecule has 0 aliphatic rings. The monoisotopic (exact) mass is 406 g/mol. The molecular formula is C23H26N4O3. The smallest absolute Gasteiger partial charge is 0.408 e. The number of ether oxygens (including phenoxy) is 1. The number of nitrogens with one attached hydrogen (secondary N) is 1. The molecule has 0 spiro atoms. The number of nitrogens with zero attached hydrogens (tertiary/aromatic N) is 3. The SMILES string of the molecule is Cc1nnc(C(NC(=O)OCc2ccccc2)C(C)C)n(Cc2ccccc2)c1=O. The summed E-state index contributed by atoms with van der Waals surface area (Å²) in [7, 11) is 0. The quantitative estimate of drug-likeness (QED) is 0.648. The number of carbonyl (C=O) groups excluding carboxylic acids is 1. The number of amides is 1. The summed E-state index contributed by atoms with van der Waals surface area (Å²) in [5, 5.41) is 11.1. The van der Waals surface area contributed by atoms with Crippen LogP contribution in [0.25, 0.3) is 0 Å². The van der Waals surface area contributed by atoms with Gasteiger partial charge >= 0.3 is 6.09 Å². The molecule has 3 aromatic rings. The van der Waals surface area contributed by atoms with Gasteiger partial charge in [-0.05, 0) is 24.0 Å². The fourth-order valence-corrected chi connectivity index (χ4v) is 3.09. The van der Waals surface area contributed by atoms with Crippen molar-refractivity contribution >= 4 is 6.09 Å². The van der Waals surface area contributed by atoms with Crippen molar-refractivity contribution in [2.24, 2.45) is 5.92 Å². The zero-order valence-corrected chi connectivity index (χ0v) is 17.4. The topological polar surface area (TPSA) is 86.1 Å². The zero-order valence-electron chi connectivity index (χ0n) is 17.4. The Balaban J connectivity index is 1.83. The van der Waals surface area contributed by atoms with Crippen LogP contribution in [0.3, 0.4) is 0 Å². The van der Waals surface area contributed by atoms with Crippen LogP contribution in [0.5, 0.6) is 0 Å². The number of hydrogen-bond donors (Lipinski definition) is 1. The molecule has 1 unspecified atom stereocenters. The fraction of sp³-hybridized carbons (Fsp3) is 0.304. The Morgan fingerprint density at radius 2 is 1.60 bits per heavy atom. The number of aryl methyl sites for hydroxylation is 1. The van der Waals surface area contributed by atoms with E-state index in [1.54, 1.807) is 11.5 Å². The molecule has 3 rings (SSSR count). The molecular weight excluding hydrogens is 380 g/mol. The molecule has 2 aromatic carbocycles. The molecule has 0 aliphatic heterocycles. The van der Waals surface area contributed by atoms with E-state index in [1.165, 1.54) is 0 Å². The molecule has 0 fully saturated rings. The first-order valence-corrected chi connectivity index (χ1v) is 9.91. The Morgan fingerprint density at radius 1 is 1.00 bits per heavy atom. The van der Waals surface area contributed by atoms with Crippen molar-refractivity contribution in [3.8, 4) is 0 Å². The highest BCUT2D eigenvalue weighted by Gasteiger charge is 2.25. The summed E-state index contributed by atoms with van der Waals surface area (Å²) in [5.74, 6) is 0.369. The number of aromatic nitrogens is 3. The summed E-state index contributed by atoms with van der Waals surface area (Å²) in [6, 6.07) is 18.6. The molecule has 1 heterocycles. The molecule has 1 amide bonds. The van der Waals surface area contributed by atoms with Crippen LogP contribution in [0.1, 0.15) is 42.5 Å². The van der Waals surface area contributed by atoms with Gasteiger partial charge in [0.1, 0.15) is 12.3 Å². The zero-order chi connectivity index (χ0) is 21.5. The van der Waals surface area contributed by atoms with Crippen molar-refractivity contribution < 1.29 is 9.53 Å². The van der Waals surface area contributed by atoms with Crippen LogP contribution in [0.2, 0.25) is 0 Å². The lowest BCUT2D eigenvalue weighted by molar-refractivity contribution is 0.131. The number of carbonyl (C=O) groups is 1. The molecule has 7 nitrogen and oxygen atoms in total. The summed E-state index contributed by atoms with van der Waals surface area (Å²) in [6.45, 7) is 6.03.